The molecule has 172 valence electrons. The first-order chi connectivity index (χ1) is 15.8. The van der Waals surface area contributed by atoms with Crippen molar-refractivity contribution in [3.05, 3.63) is 76.3 Å². The van der Waals surface area contributed by atoms with Crippen LogP contribution < -0.4 is 16.0 Å². The Morgan fingerprint density at radius 1 is 1.03 bits per heavy atom. The summed E-state index contributed by atoms with van der Waals surface area (Å²) in [5, 5.41) is 8.65. The van der Waals surface area contributed by atoms with Gasteiger partial charge in [0.1, 0.15) is 5.69 Å². The number of rotatable bonds is 8. The predicted octanol–water partition coefficient (Wildman–Crippen LogP) is 3.17. The van der Waals surface area contributed by atoms with Crippen LogP contribution in [0.25, 0.3) is 0 Å². The van der Waals surface area contributed by atoms with E-state index in [-0.39, 0.29) is 17.3 Å². The first-order valence-electron chi connectivity index (χ1n) is 10.2. The number of imidazole rings is 1. The number of halogens is 1. The summed E-state index contributed by atoms with van der Waals surface area (Å²) in [7, 11) is 3.80. The van der Waals surface area contributed by atoms with Gasteiger partial charge in [0.2, 0.25) is 0 Å². The Labute approximate surface area is 196 Å². The molecule has 3 aromatic rings. The molecule has 3 rings (SSSR count). The number of nitrogens with one attached hydrogen (secondary N) is 4. The molecule has 4 N–H and O–H groups in total. The zero-order chi connectivity index (χ0) is 24.0. The van der Waals surface area contributed by atoms with Gasteiger partial charge in [0.05, 0.1) is 16.9 Å². The lowest BCUT2D eigenvalue weighted by Crippen LogP contribution is -2.32. The maximum atomic E-state index is 12.7. The molecule has 9 nitrogen and oxygen atoms in total. The quantitative estimate of drug-likeness (QED) is 0.405. The van der Waals surface area contributed by atoms with E-state index < -0.39 is 11.8 Å². The van der Waals surface area contributed by atoms with E-state index in [4.69, 9.17) is 11.6 Å². The number of anilines is 2. The number of aryl methyl sites for hydroxylation is 1. The van der Waals surface area contributed by atoms with E-state index in [9.17, 15) is 14.4 Å². The predicted molar refractivity (Wildman–Crippen MR) is 128 cm³/mol. The third-order valence-electron chi connectivity index (χ3n) is 4.78. The molecule has 0 aliphatic heterocycles. The van der Waals surface area contributed by atoms with E-state index >= 15 is 0 Å². The van der Waals surface area contributed by atoms with Gasteiger partial charge in [-0.1, -0.05) is 23.7 Å². The van der Waals surface area contributed by atoms with Crippen molar-refractivity contribution in [2.75, 3.05) is 37.8 Å². The molecule has 0 aliphatic rings. The zero-order valence-corrected chi connectivity index (χ0v) is 19.3. The number of carbonyl (C=O) groups is 3. The minimum Gasteiger partial charge on any atom is -0.349 e. The van der Waals surface area contributed by atoms with Crippen molar-refractivity contribution in [2.45, 2.75) is 6.92 Å². The zero-order valence-electron chi connectivity index (χ0n) is 18.5. The molecule has 33 heavy (non-hydrogen) atoms. The minimum atomic E-state index is -0.527. The van der Waals surface area contributed by atoms with Gasteiger partial charge in [0.25, 0.3) is 17.7 Å². The average molecular weight is 469 g/mol. The number of hydrogen-bond donors (Lipinski definition) is 4. The van der Waals surface area contributed by atoms with Crippen molar-refractivity contribution in [2.24, 2.45) is 0 Å². The second kappa shape index (κ2) is 10.8. The summed E-state index contributed by atoms with van der Waals surface area (Å²) < 4.78 is 0. The Morgan fingerprint density at radius 3 is 2.48 bits per heavy atom. The van der Waals surface area contributed by atoms with E-state index in [0.717, 1.165) is 5.56 Å². The number of carbonyl (C=O) groups excluding carboxylic acids is 3. The monoisotopic (exact) mass is 468 g/mol. The average Bonchev–Trinajstić information content (AvgIpc) is 3.26. The van der Waals surface area contributed by atoms with Crippen LogP contribution in [0.2, 0.25) is 5.02 Å². The standard InChI is InChI=1S/C23H25ClN6O3/c1-14-12-15(8-9-18(14)29-21(31)16-6-4-5-7-17(16)24)28-23(33)20-19(26-13-27-20)22(32)25-10-11-30(2)3/h4-9,12-13H,10-11H2,1-3H3,(H,25,32)(H,26,27)(H,28,33)(H,29,31). The number of nitrogens with zero attached hydrogens (tertiary/aromatic N) is 2. The van der Waals surface area contributed by atoms with Crippen molar-refractivity contribution in [3.63, 3.8) is 0 Å². The highest BCUT2D eigenvalue weighted by Gasteiger charge is 2.20. The van der Waals surface area contributed by atoms with Gasteiger partial charge < -0.3 is 25.8 Å². The largest absolute Gasteiger partial charge is 0.349 e. The molecule has 1 aromatic heterocycles. The first-order valence-corrected chi connectivity index (χ1v) is 10.6. The third-order valence-corrected chi connectivity index (χ3v) is 5.11. The van der Waals surface area contributed by atoms with E-state index in [1.54, 1.807) is 49.4 Å². The summed E-state index contributed by atoms with van der Waals surface area (Å²) >= 11 is 6.09. The highest BCUT2D eigenvalue weighted by molar-refractivity contribution is 6.34. The maximum Gasteiger partial charge on any atom is 0.276 e. The topological polar surface area (TPSA) is 119 Å². The van der Waals surface area contributed by atoms with Crippen LogP contribution in [-0.2, 0) is 0 Å². The number of likely N-dealkylation sites (N-methyl/N-ethyl adjacent to an activating group) is 1. The van der Waals surface area contributed by atoms with E-state index in [2.05, 4.69) is 25.9 Å². The minimum absolute atomic E-state index is 0.00824. The summed E-state index contributed by atoms with van der Waals surface area (Å²) in [5.74, 6) is -1.27. The highest BCUT2D eigenvalue weighted by Crippen LogP contribution is 2.23. The van der Waals surface area contributed by atoms with Gasteiger partial charge in [0, 0.05) is 24.5 Å². The molecular formula is C23H25ClN6O3. The van der Waals surface area contributed by atoms with E-state index in [0.29, 0.717) is 35.1 Å². The maximum absolute atomic E-state index is 12.7. The van der Waals surface area contributed by atoms with Gasteiger partial charge in [-0.25, -0.2) is 4.98 Å². The molecular weight excluding hydrogens is 444 g/mol. The van der Waals surface area contributed by atoms with Crippen LogP contribution in [0.4, 0.5) is 11.4 Å². The van der Waals surface area contributed by atoms with Crippen LogP contribution >= 0.6 is 11.6 Å². The fourth-order valence-corrected chi connectivity index (χ4v) is 3.25. The normalized spacial score (nSPS) is 10.7. The summed E-state index contributed by atoms with van der Waals surface area (Å²) in [6, 6.07) is 11.8. The van der Waals surface area contributed by atoms with Crippen LogP contribution in [0.3, 0.4) is 0 Å². The summed E-state index contributed by atoms with van der Waals surface area (Å²) in [5.41, 5.74) is 2.26. The molecule has 0 radical (unpaired) electrons. The van der Waals surface area contributed by atoms with Crippen molar-refractivity contribution < 1.29 is 14.4 Å². The van der Waals surface area contributed by atoms with Gasteiger partial charge in [-0.2, -0.15) is 0 Å². The van der Waals surface area contributed by atoms with Gasteiger partial charge in [-0.05, 0) is 56.9 Å². The number of H-pyrrole nitrogens is 1. The van der Waals surface area contributed by atoms with Crippen LogP contribution in [0.5, 0.6) is 0 Å². The molecule has 3 amide bonds. The molecule has 0 saturated carbocycles. The lowest BCUT2D eigenvalue weighted by molar-refractivity contribution is 0.0933. The first kappa shape index (κ1) is 24.0. The van der Waals surface area contributed by atoms with E-state index in [1.807, 2.05) is 19.0 Å². The van der Waals surface area contributed by atoms with Crippen LogP contribution in [-0.4, -0.2) is 59.8 Å². The number of amides is 3. The van der Waals surface area contributed by atoms with Crippen LogP contribution in [0.1, 0.15) is 36.9 Å². The summed E-state index contributed by atoms with van der Waals surface area (Å²) in [6.45, 7) is 2.91. The summed E-state index contributed by atoms with van der Waals surface area (Å²) in [4.78, 5) is 46.2. The smallest absolute Gasteiger partial charge is 0.276 e. The van der Waals surface area contributed by atoms with E-state index in [1.165, 1.54) is 6.33 Å². The molecule has 0 aliphatic carbocycles. The lowest BCUT2D eigenvalue weighted by atomic mass is 10.1. The second-order valence-corrected chi connectivity index (χ2v) is 8.01. The number of benzene rings is 2. The highest BCUT2D eigenvalue weighted by atomic mass is 35.5. The number of aromatic amines is 1. The second-order valence-electron chi connectivity index (χ2n) is 7.60. The lowest BCUT2D eigenvalue weighted by Gasteiger charge is -2.12. The molecule has 0 spiro atoms. The van der Waals surface area contributed by atoms with Gasteiger partial charge >= 0.3 is 0 Å². The third kappa shape index (κ3) is 6.18. The molecule has 0 unspecified atom stereocenters. The Morgan fingerprint density at radius 2 is 1.79 bits per heavy atom. The molecule has 1 heterocycles. The van der Waals surface area contributed by atoms with Gasteiger partial charge in [-0.15, -0.1) is 0 Å². The Hall–Kier alpha value is -3.69. The molecule has 0 saturated heterocycles. The number of hydrogen-bond acceptors (Lipinski definition) is 5. The molecule has 2 aromatic carbocycles. The molecule has 0 atom stereocenters. The Kier molecular flexibility index (Phi) is 7.81. The van der Waals surface area contributed by atoms with Crippen molar-refractivity contribution in [1.29, 1.82) is 0 Å². The Balaban J connectivity index is 1.66. The van der Waals surface area contributed by atoms with Crippen molar-refractivity contribution in [3.8, 4) is 0 Å². The van der Waals surface area contributed by atoms with Crippen molar-refractivity contribution in [1.82, 2.24) is 20.2 Å². The van der Waals surface area contributed by atoms with Gasteiger partial charge in [-0.3, -0.25) is 14.4 Å². The van der Waals surface area contributed by atoms with Crippen molar-refractivity contribution >= 4 is 40.7 Å². The molecule has 10 heteroatoms. The number of aromatic nitrogens is 2. The fourth-order valence-electron chi connectivity index (χ4n) is 3.03. The SMILES string of the molecule is Cc1cc(NC(=O)c2nc[nH]c2C(=O)NCCN(C)C)ccc1NC(=O)c1ccccc1Cl. The molecule has 0 fully saturated rings. The fraction of sp³-hybridized carbons (Fsp3) is 0.217. The van der Waals surface area contributed by atoms with Gasteiger partial charge in [0.15, 0.2) is 5.69 Å². The van der Waals surface area contributed by atoms with Crippen LogP contribution in [0, 0.1) is 6.92 Å². The summed E-state index contributed by atoms with van der Waals surface area (Å²) in [6.07, 6.45) is 1.30. The Bertz CT molecular complexity index is 1170. The van der Waals surface area contributed by atoms with Crippen LogP contribution in [0.15, 0.2) is 48.8 Å². The molecule has 0 bridgehead atoms.